The number of aromatic nitrogens is 12. The Kier molecular flexibility index (Phi) is 27.8. The van der Waals surface area contributed by atoms with Gasteiger partial charge in [0.05, 0.1) is 0 Å². The highest BCUT2D eigenvalue weighted by Gasteiger charge is 2.38. The summed E-state index contributed by atoms with van der Waals surface area (Å²) >= 11 is 0. The first kappa shape index (κ1) is 93.1. The van der Waals surface area contributed by atoms with Crippen LogP contribution in [0, 0.1) is 5.41 Å². The van der Waals surface area contributed by atoms with Gasteiger partial charge in [-0.25, -0.2) is 42.5 Å². The van der Waals surface area contributed by atoms with Gasteiger partial charge in [-0.15, -0.1) is 0 Å². The Balaban J connectivity index is 0.000000149. The molecule has 32 heteroatoms. The quantitative estimate of drug-likeness (QED) is 0.0678. The van der Waals surface area contributed by atoms with E-state index in [4.69, 9.17) is 29.9 Å². The summed E-state index contributed by atoms with van der Waals surface area (Å²) in [5, 5.41) is 13.0. The first-order valence-electron chi connectivity index (χ1n) is 45.1. The Bertz CT molecular complexity index is 6310. The number of benzene rings is 3. The number of anilines is 9. The predicted octanol–water partition coefficient (Wildman–Crippen LogP) is 16.9. The maximum atomic E-state index is 12.4. The van der Waals surface area contributed by atoms with Gasteiger partial charge in [0, 0.05) is 267 Å². The number of piperazine rings is 2. The van der Waals surface area contributed by atoms with Crippen molar-refractivity contribution in [1.29, 1.82) is 0 Å². The average Bonchev–Trinajstić information content (AvgIpc) is 1.62. The van der Waals surface area contributed by atoms with Crippen molar-refractivity contribution in [3.8, 4) is 17.5 Å². The molecule has 0 bridgehead atoms. The van der Waals surface area contributed by atoms with E-state index in [2.05, 4.69) is 278 Å². The van der Waals surface area contributed by atoms with Crippen LogP contribution in [0.3, 0.4) is 0 Å². The number of fused-ring (bicyclic) bond motifs is 3. The summed E-state index contributed by atoms with van der Waals surface area (Å²) in [5.74, 6) is 4.91. The molecule has 9 aromatic heterocycles. The highest BCUT2D eigenvalue weighted by atomic mass is 32.2. The third kappa shape index (κ3) is 23.8. The van der Waals surface area contributed by atoms with E-state index in [9.17, 15) is 12.6 Å². The second-order valence-electron chi connectivity index (χ2n) is 39.6. The Hall–Kier alpha value is -10.6. The minimum atomic E-state index is -2.34. The van der Waals surface area contributed by atoms with E-state index in [0.29, 0.717) is 64.2 Å². The van der Waals surface area contributed by atoms with E-state index in [1.165, 1.54) is 94.9 Å². The Morgan fingerprint density at radius 3 is 1.04 bits per heavy atom. The van der Waals surface area contributed by atoms with Crippen molar-refractivity contribution < 1.29 is 12.6 Å². The van der Waals surface area contributed by atoms with Gasteiger partial charge in [0.25, 0.3) is 0 Å². The maximum absolute atomic E-state index is 12.4. The molecular formula is C97H132N26O3S3. The van der Waals surface area contributed by atoms with Crippen LogP contribution in [-0.2, 0) is 45.4 Å². The molecule has 0 aliphatic carbocycles. The summed E-state index contributed by atoms with van der Waals surface area (Å²) in [5.41, 5.74) is 12.0. The first-order valence-corrected chi connectivity index (χ1v) is 52.1. The molecule has 5 aliphatic rings. The fourth-order valence-corrected chi connectivity index (χ4v) is 19.3. The monoisotopic (exact) mass is 1810 g/mol. The Morgan fingerprint density at radius 1 is 0.395 bits per heavy atom. The van der Waals surface area contributed by atoms with E-state index in [1.807, 2.05) is 55.0 Å². The van der Waals surface area contributed by atoms with Crippen LogP contribution in [-0.4, -0.2) is 272 Å². The molecule has 0 unspecified atom stereocenters. The molecule has 686 valence electrons. The van der Waals surface area contributed by atoms with Crippen molar-refractivity contribution in [2.45, 2.75) is 123 Å². The van der Waals surface area contributed by atoms with Crippen LogP contribution in [0.1, 0.15) is 118 Å². The van der Waals surface area contributed by atoms with Crippen LogP contribution in [0.4, 0.5) is 69.4 Å². The van der Waals surface area contributed by atoms with Gasteiger partial charge in [-0.1, -0.05) is 80.5 Å². The summed E-state index contributed by atoms with van der Waals surface area (Å²) in [4.78, 5) is 62.8. The van der Waals surface area contributed by atoms with Gasteiger partial charge in [-0.2, -0.15) is 28.0 Å². The number of hydrogen-bond donors (Lipinski definition) is 3. The maximum Gasteiger partial charge on any atom is 0.229 e. The number of piperidine rings is 3. The third-order valence-corrected chi connectivity index (χ3v) is 26.7. The van der Waals surface area contributed by atoms with Crippen molar-refractivity contribution in [2.75, 3.05) is 201 Å². The van der Waals surface area contributed by atoms with E-state index in [0.717, 1.165) is 133 Å². The van der Waals surface area contributed by atoms with Crippen LogP contribution >= 0.6 is 0 Å². The highest BCUT2D eigenvalue weighted by Crippen LogP contribution is 2.43. The third-order valence-electron chi connectivity index (χ3n) is 24.8. The van der Waals surface area contributed by atoms with Gasteiger partial charge in [0.1, 0.15) is 17.5 Å². The fourth-order valence-electron chi connectivity index (χ4n) is 17.7. The molecule has 1 spiro atoms. The number of pyridine rings is 3. The normalized spacial score (nSPS) is 16.9. The van der Waals surface area contributed by atoms with Gasteiger partial charge >= 0.3 is 0 Å². The summed E-state index contributed by atoms with van der Waals surface area (Å²) in [6.45, 7) is 37.6. The minimum absolute atomic E-state index is 0.177. The molecule has 0 radical (unpaired) electrons. The van der Waals surface area contributed by atoms with Gasteiger partial charge in [0.2, 0.25) is 17.8 Å². The highest BCUT2D eigenvalue weighted by molar-refractivity contribution is 7.92. The van der Waals surface area contributed by atoms with Gasteiger partial charge in [-0.3, -0.25) is 23.5 Å². The number of nitrogens with one attached hydrogen (secondary N) is 3. The van der Waals surface area contributed by atoms with Crippen molar-refractivity contribution in [3.05, 3.63) is 181 Å². The average molecular weight is 1810 g/mol. The van der Waals surface area contributed by atoms with Crippen LogP contribution in [0.25, 0.3) is 50.6 Å². The number of nitrogens with zero attached hydrogens (tertiary/aromatic N) is 23. The Morgan fingerprint density at radius 2 is 0.713 bits per heavy atom. The topological polar surface area (TPSA) is 281 Å². The Labute approximate surface area is 764 Å². The zero-order valence-corrected chi connectivity index (χ0v) is 81.4. The molecule has 129 heavy (non-hydrogen) atoms. The minimum Gasteiger partial charge on any atom is -0.371 e. The molecule has 29 nitrogen and oxygen atoms in total. The van der Waals surface area contributed by atoms with Crippen LogP contribution in [0.2, 0.25) is 0 Å². The second-order valence-corrected chi connectivity index (χ2v) is 47.3. The molecule has 14 heterocycles. The van der Waals surface area contributed by atoms with E-state index >= 15 is 0 Å². The summed E-state index contributed by atoms with van der Waals surface area (Å²) in [6.07, 6.45) is 22.9. The van der Waals surface area contributed by atoms with E-state index in [1.54, 1.807) is 55.7 Å². The largest absolute Gasteiger partial charge is 0.371 e. The van der Waals surface area contributed by atoms with Crippen molar-refractivity contribution in [2.24, 2.45) is 18.5 Å². The van der Waals surface area contributed by atoms with Crippen molar-refractivity contribution >= 4 is 132 Å². The lowest BCUT2D eigenvalue weighted by Gasteiger charge is -2.46. The number of likely N-dealkylation sites (tertiary alicyclic amines) is 1. The van der Waals surface area contributed by atoms with E-state index in [-0.39, 0.29) is 16.2 Å². The van der Waals surface area contributed by atoms with Crippen LogP contribution in [0.5, 0.6) is 0 Å². The SMILES string of the molecule is CN(C)CCN1CCN(c2ccc(Nc3ncc4cc(C(C)(C)C)n(-c5cccc(N=S(C)(C)=O)n5)c4n3)cc2)CC1.CN1CCC2(CC1)CCN(c1ccc(Nc3ncc4cc(C(C)(C)C)n(-c5cccc(N=S(C)(C)=O)n5)c4n3)cc1)CC2.CN1CCN(C2CCN(c3ccc(Nc4ncc5cc(C(C)(C)C)n(-c6cccc(N=S(C)(C)=O)n6)c5n4)cc3)CC2)CC1. The molecule has 12 aromatic rings. The fraction of sp³-hybridized carbons (Fsp3) is 0.474. The first-order chi connectivity index (χ1) is 61.2. The zero-order chi connectivity index (χ0) is 91.5. The zero-order valence-electron chi connectivity index (χ0n) is 79.0. The lowest BCUT2D eigenvalue weighted by atomic mass is 9.71. The predicted molar refractivity (Wildman–Crippen MR) is 534 cm³/mol. The van der Waals surface area contributed by atoms with Gasteiger partial charge in [0.15, 0.2) is 34.4 Å². The molecular weight excluding hydrogens is 1670 g/mol. The summed E-state index contributed by atoms with van der Waals surface area (Å²) in [7, 11) is 1.69. The number of hydrogen-bond acceptors (Lipinski definition) is 26. The second kappa shape index (κ2) is 38.5. The molecule has 3 N–H and O–H groups in total. The summed E-state index contributed by atoms with van der Waals surface area (Å²) < 4.78 is 56.2. The molecule has 0 amide bonds. The van der Waals surface area contributed by atoms with Crippen LogP contribution < -0.4 is 30.7 Å². The molecule has 0 atom stereocenters. The number of rotatable bonds is 19. The lowest BCUT2D eigenvalue weighted by molar-refractivity contribution is 0.0945. The number of likely N-dealkylation sites (N-methyl/N-ethyl adjacent to an activating group) is 2. The van der Waals surface area contributed by atoms with E-state index < -0.39 is 29.2 Å². The molecule has 17 rings (SSSR count). The summed E-state index contributed by atoms with van der Waals surface area (Å²) in [6, 6.07) is 49.6. The van der Waals surface area contributed by atoms with Crippen molar-refractivity contribution in [1.82, 2.24) is 83.1 Å². The smallest absolute Gasteiger partial charge is 0.229 e. The standard InChI is InChI=1S/C33H45N9OS.C33H44N8OS.C31H43N9OS/c1-33(2,3)28-22-24-23-34-32(37-31(24)42(28)30-9-7-8-29(36-30)38-44(5,6)43)35-25-10-12-26(13-11-25)40-16-14-27(15-17-40)41-20-18-39(4)19-21-41;1-32(2,3)27-22-24-23-34-31(37-30(24)41(27)29-9-7-8-28(36-29)38-43(5,6)42)35-25-10-12-26(13-11-25)40-20-16-33(17-21-40)14-18-39(4)19-15-33;1-31(2,3)26-21-23-22-32-30(35-29(23)40(26)28-10-8-9-27(34-28)36-42(6,7)41)33-24-11-13-25(14-12-24)39-19-17-38(18-20-39)16-15-37(4)5/h7-13,22-23,27H,14-21H2,1-6H3,(H,34,35,37);7-13,22-23H,14-21H2,1-6H3,(H,34,35,37);8-14,21-22H,15-20H2,1-7H3,(H,32,33,35). The van der Waals surface area contributed by atoms with Gasteiger partial charge < -0.3 is 45.3 Å². The van der Waals surface area contributed by atoms with Crippen LogP contribution in [0.15, 0.2) is 177 Å². The molecule has 5 fully saturated rings. The molecule has 5 aliphatic heterocycles. The molecule has 0 saturated carbocycles. The molecule has 5 saturated heterocycles. The van der Waals surface area contributed by atoms with Crippen molar-refractivity contribution in [3.63, 3.8) is 0 Å². The lowest BCUT2D eigenvalue weighted by Crippen LogP contribution is -2.52. The molecule has 3 aromatic carbocycles. The van der Waals surface area contributed by atoms with Gasteiger partial charge in [-0.05, 0) is 213 Å².